The molecule has 1 nitrogen and oxygen atoms in total. The van der Waals surface area contributed by atoms with Crippen molar-refractivity contribution in [2.75, 3.05) is 13.3 Å². The molecule has 0 N–H and O–H groups in total. The van der Waals surface area contributed by atoms with Crippen LogP contribution >= 0.6 is 0 Å². The standard InChI is InChI=1S/C6H7F7O/c7-2-1-3-14-6(12,13)4(8)5(9,10)11/h4H,1-3H2. The Hall–Kier alpha value is -0.530. The molecule has 0 aromatic carbocycles. The van der Waals surface area contributed by atoms with Gasteiger partial charge in [0.05, 0.1) is 13.3 Å². The highest BCUT2D eigenvalue weighted by Crippen LogP contribution is 2.35. The molecule has 1 atom stereocenters. The van der Waals surface area contributed by atoms with E-state index in [2.05, 4.69) is 4.74 Å². The van der Waals surface area contributed by atoms with Gasteiger partial charge in [-0.15, -0.1) is 0 Å². The summed E-state index contributed by atoms with van der Waals surface area (Å²) in [5, 5.41) is 0. The van der Waals surface area contributed by atoms with Crippen LogP contribution in [0, 0.1) is 0 Å². The van der Waals surface area contributed by atoms with Gasteiger partial charge in [-0.3, -0.25) is 4.39 Å². The van der Waals surface area contributed by atoms with Gasteiger partial charge in [0.15, 0.2) is 0 Å². The molecule has 0 saturated heterocycles. The molecule has 14 heavy (non-hydrogen) atoms. The fourth-order valence-electron chi connectivity index (χ4n) is 0.526. The first-order chi connectivity index (χ1) is 6.22. The summed E-state index contributed by atoms with van der Waals surface area (Å²) in [6.45, 7) is -2.00. The highest BCUT2D eigenvalue weighted by atomic mass is 19.4. The van der Waals surface area contributed by atoms with Crippen LogP contribution in [0.1, 0.15) is 6.42 Å². The zero-order chi connectivity index (χ0) is 11.4. The third kappa shape index (κ3) is 4.12. The normalized spacial score (nSPS) is 15.6. The Morgan fingerprint density at radius 1 is 1.07 bits per heavy atom. The lowest BCUT2D eigenvalue weighted by molar-refractivity contribution is -0.335. The molecule has 0 radical (unpaired) electrons. The maximum atomic E-state index is 12.2. The van der Waals surface area contributed by atoms with Gasteiger partial charge in [0.1, 0.15) is 0 Å². The number of hydrogen-bond donors (Lipinski definition) is 0. The smallest absolute Gasteiger partial charge is 0.318 e. The van der Waals surface area contributed by atoms with Gasteiger partial charge < -0.3 is 4.74 Å². The molecule has 8 heteroatoms. The van der Waals surface area contributed by atoms with Crippen LogP contribution < -0.4 is 0 Å². The summed E-state index contributed by atoms with van der Waals surface area (Å²) in [4.78, 5) is 0. The highest BCUT2D eigenvalue weighted by Gasteiger charge is 2.58. The van der Waals surface area contributed by atoms with E-state index >= 15 is 0 Å². The largest absolute Gasteiger partial charge is 0.428 e. The second-order valence-electron chi connectivity index (χ2n) is 2.36. The molecule has 0 bridgehead atoms. The summed E-state index contributed by atoms with van der Waals surface area (Å²) >= 11 is 0. The number of rotatable bonds is 5. The van der Waals surface area contributed by atoms with Gasteiger partial charge in [-0.25, -0.2) is 4.39 Å². The van der Waals surface area contributed by atoms with E-state index in [0.29, 0.717) is 0 Å². The van der Waals surface area contributed by atoms with Gasteiger partial charge in [-0.05, 0) is 6.42 Å². The van der Waals surface area contributed by atoms with Crippen LogP contribution in [-0.2, 0) is 4.74 Å². The quantitative estimate of drug-likeness (QED) is 0.519. The van der Waals surface area contributed by atoms with Crippen molar-refractivity contribution < 1.29 is 35.5 Å². The molecule has 0 fully saturated rings. The number of halogens is 7. The average molecular weight is 228 g/mol. The van der Waals surface area contributed by atoms with Gasteiger partial charge >= 0.3 is 12.3 Å². The van der Waals surface area contributed by atoms with Crippen LogP contribution in [0.2, 0.25) is 0 Å². The van der Waals surface area contributed by atoms with E-state index in [9.17, 15) is 30.7 Å². The Labute approximate surface area is 74.8 Å². The molecular formula is C6H7F7O. The summed E-state index contributed by atoms with van der Waals surface area (Å²) in [5.74, 6) is 0. The second kappa shape index (κ2) is 4.81. The summed E-state index contributed by atoms with van der Waals surface area (Å²) in [6, 6.07) is 0. The monoisotopic (exact) mass is 228 g/mol. The fourth-order valence-corrected chi connectivity index (χ4v) is 0.526. The Morgan fingerprint density at radius 3 is 1.93 bits per heavy atom. The predicted octanol–water partition coefficient (Wildman–Crippen LogP) is 2.86. The molecule has 0 aliphatic carbocycles. The summed E-state index contributed by atoms with van der Waals surface area (Å²) in [5.41, 5.74) is 0. The second-order valence-corrected chi connectivity index (χ2v) is 2.36. The van der Waals surface area contributed by atoms with Gasteiger partial charge in [-0.1, -0.05) is 0 Å². The van der Waals surface area contributed by atoms with E-state index < -0.39 is 38.2 Å². The minimum absolute atomic E-state index is 0.514. The van der Waals surface area contributed by atoms with Crippen molar-refractivity contribution in [1.29, 1.82) is 0 Å². The minimum Gasteiger partial charge on any atom is -0.318 e. The molecule has 0 rings (SSSR count). The molecular weight excluding hydrogens is 221 g/mol. The number of alkyl halides is 7. The summed E-state index contributed by atoms with van der Waals surface area (Å²) < 4.78 is 85.4. The summed E-state index contributed by atoms with van der Waals surface area (Å²) in [6.07, 6.45) is -15.6. The number of hydrogen-bond acceptors (Lipinski definition) is 1. The first kappa shape index (κ1) is 13.5. The minimum atomic E-state index is -5.70. The maximum Gasteiger partial charge on any atom is 0.428 e. The zero-order valence-corrected chi connectivity index (χ0v) is 6.75. The van der Waals surface area contributed by atoms with Gasteiger partial charge in [-0.2, -0.15) is 22.0 Å². The molecule has 0 spiro atoms. The molecule has 0 aliphatic rings. The molecule has 0 aromatic heterocycles. The number of ether oxygens (including phenoxy) is 1. The molecule has 0 amide bonds. The molecule has 0 heterocycles. The van der Waals surface area contributed by atoms with Crippen LogP contribution in [0.15, 0.2) is 0 Å². The van der Waals surface area contributed by atoms with Gasteiger partial charge in [0.25, 0.3) is 6.17 Å². The van der Waals surface area contributed by atoms with Crippen LogP contribution in [0.25, 0.3) is 0 Å². The first-order valence-electron chi connectivity index (χ1n) is 3.50. The highest BCUT2D eigenvalue weighted by molar-refractivity contribution is 4.75. The van der Waals surface area contributed by atoms with E-state index in [-0.39, 0.29) is 0 Å². The fraction of sp³-hybridized carbons (Fsp3) is 1.00. The Bertz CT molecular complexity index is 166. The third-order valence-corrected chi connectivity index (χ3v) is 1.15. The van der Waals surface area contributed by atoms with Crippen LogP contribution in [0.3, 0.4) is 0 Å². The Balaban J connectivity index is 4.16. The lowest BCUT2D eigenvalue weighted by Crippen LogP contribution is -2.43. The molecule has 86 valence electrons. The van der Waals surface area contributed by atoms with Crippen LogP contribution in [-0.4, -0.2) is 31.7 Å². The Morgan fingerprint density at radius 2 is 1.57 bits per heavy atom. The van der Waals surface area contributed by atoms with Crippen molar-refractivity contribution >= 4 is 0 Å². The van der Waals surface area contributed by atoms with Crippen molar-refractivity contribution in [3.8, 4) is 0 Å². The third-order valence-electron chi connectivity index (χ3n) is 1.15. The van der Waals surface area contributed by atoms with E-state index in [1.54, 1.807) is 0 Å². The SMILES string of the molecule is FCCCOC(F)(F)C(F)C(F)(F)F. The van der Waals surface area contributed by atoms with E-state index in [4.69, 9.17) is 0 Å². The molecule has 0 aromatic rings. The first-order valence-corrected chi connectivity index (χ1v) is 3.50. The van der Waals surface area contributed by atoms with Crippen molar-refractivity contribution in [3.63, 3.8) is 0 Å². The maximum absolute atomic E-state index is 12.2. The van der Waals surface area contributed by atoms with Crippen molar-refractivity contribution in [2.45, 2.75) is 24.9 Å². The Kier molecular flexibility index (Phi) is 4.63. The summed E-state index contributed by atoms with van der Waals surface area (Å²) in [7, 11) is 0. The lowest BCUT2D eigenvalue weighted by atomic mass is 10.3. The molecule has 0 saturated carbocycles. The zero-order valence-electron chi connectivity index (χ0n) is 6.75. The van der Waals surface area contributed by atoms with E-state index in [1.165, 1.54) is 0 Å². The topological polar surface area (TPSA) is 9.23 Å². The van der Waals surface area contributed by atoms with Gasteiger partial charge in [0.2, 0.25) is 0 Å². The van der Waals surface area contributed by atoms with Crippen molar-refractivity contribution in [2.24, 2.45) is 0 Å². The van der Waals surface area contributed by atoms with Crippen molar-refractivity contribution in [1.82, 2.24) is 0 Å². The van der Waals surface area contributed by atoms with Crippen molar-refractivity contribution in [3.05, 3.63) is 0 Å². The molecule has 0 aliphatic heterocycles. The molecule has 1 unspecified atom stereocenters. The van der Waals surface area contributed by atoms with E-state index in [1.807, 2.05) is 0 Å². The van der Waals surface area contributed by atoms with Crippen LogP contribution in [0.4, 0.5) is 30.7 Å². The van der Waals surface area contributed by atoms with Gasteiger partial charge in [0, 0.05) is 0 Å². The van der Waals surface area contributed by atoms with E-state index in [0.717, 1.165) is 0 Å². The lowest BCUT2D eigenvalue weighted by Gasteiger charge is -2.22. The average Bonchev–Trinajstić information content (AvgIpc) is 2.01. The predicted molar refractivity (Wildman–Crippen MR) is 32.4 cm³/mol. The van der Waals surface area contributed by atoms with Crippen LogP contribution in [0.5, 0.6) is 0 Å².